The van der Waals surface area contributed by atoms with Gasteiger partial charge in [-0.25, -0.2) is 15.0 Å². The lowest BCUT2D eigenvalue weighted by atomic mass is 9.85. The summed E-state index contributed by atoms with van der Waals surface area (Å²) in [4.78, 5) is 49.9. The summed E-state index contributed by atoms with van der Waals surface area (Å²) in [6.07, 6.45) is -3.61. The number of carbonyl (C=O) groups is 4. The van der Waals surface area contributed by atoms with Gasteiger partial charge in [0.2, 0.25) is 5.91 Å². The van der Waals surface area contributed by atoms with E-state index in [1.165, 1.54) is 0 Å². The van der Waals surface area contributed by atoms with Crippen LogP contribution < -0.4 is 26.8 Å². The fourth-order valence-corrected chi connectivity index (χ4v) is 3.31. The van der Waals surface area contributed by atoms with Crippen molar-refractivity contribution in [1.82, 2.24) is 26.8 Å². The van der Waals surface area contributed by atoms with Crippen LogP contribution in [0.5, 0.6) is 0 Å². The molecule has 12 nitrogen and oxygen atoms in total. The summed E-state index contributed by atoms with van der Waals surface area (Å²) in [5.41, 5.74) is 3.21. The van der Waals surface area contributed by atoms with E-state index in [2.05, 4.69) is 36.3 Å². The van der Waals surface area contributed by atoms with Crippen LogP contribution in [0.15, 0.2) is 30.2 Å². The van der Waals surface area contributed by atoms with Crippen LogP contribution in [-0.2, 0) is 25.5 Å². The van der Waals surface area contributed by atoms with Crippen molar-refractivity contribution in [3.8, 4) is 0 Å². The van der Waals surface area contributed by atoms with Gasteiger partial charge in [-0.3, -0.25) is 15.0 Å². The van der Waals surface area contributed by atoms with Gasteiger partial charge >= 0.3 is 12.2 Å². The number of aliphatic hydroxyl groups excluding tert-OH is 1. The smallest absolute Gasteiger partial charge is 0.407 e. The zero-order chi connectivity index (χ0) is 33.4. The molecule has 0 saturated carbocycles. The lowest BCUT2D eigenvalue weighted by Gasteiger charge is -2.33. The van der Waals surface area contributed by atoms with E-state index in [0.717, 1.165) is 14.2 Å². The SMILES string of the molecule is [2H]c1c([2H])c([2H])c(C[C@H](NC(=O)[C@H](NC(=O)OC)C(C)(C)C)[C@@H](O)CNNC(=O)[C@H](NC(=O)OC)C(C)(C)C)c([2H])c1[2H]. The number of carbonyl (C=O) groups excluding carboxylic acids is 4. The Hall–Kier alpha value is -3.38. The first-order valence-corrected chi connectivity index (χ1v) is 11.9. The number of amides is 4. The summed E-state index contributed by atoms with van der Waals surface area (Å²) in [7, 11) is 2.28. The first-order chi connectivity index (χ1) is 19.7. The third-order valence-corrected chi connectivity index (χ3v) is 5.44. The highest BCUT2D eigenvalue weighted by Crippen LogP contribution is 2.21. The van der Waals surface area contributed by atoms with Crippen molar-refractivity contribution in [2.75, 3.05) is 20.8 Å². The van der Waals surface area contributed by atoms with Gasteiger partial charge in [-0.2, -0.15) is 0 Å². The van der Waals surface area contributed by atoms with E-state index in [4.69, 9.17) is 6.85 Å². The van der Waals surface area contributed by atoms with Gasteiger partial charge in [0.1, 0.15) is 12.1 Å². The number of ether oxygens (including phenoxy) is 2. The highest BCUT2D eigenvalue weighted by atomic mass is 16.5. The minimum absolute atomic E-state index is 0.164. The molecule has 0 radical (unpaired) electrons. The van der Waals surface area contributed by atoms with Gasteiger partial charge in [0.05, 0.1) is 33.2 Å². The van der Waals surface area contributed by atoms with Crippen molar-refractivity contribution in [1.29, 1.82) is 0 Å². The van der Waals surface area contributed by atoms with Crippen LogP contribution in [-0.4, -0.2) is 74.1 Å². The van der Waals surface area contributed by atoms with E-state index in [9.17, 15) is 24.3 Å². The molecular formula is C26H43N5O7. The Labute approximate surface area is 231 Å². The molecule has 0 aliphatic rings. The Kier molecular flexibility index (Phi) is 9.53. The topological polar surface area (TPSA) is 167 Å². The van der Waals surface area contributed by atoms with Gasteiger partial charge in [0.15, 0.2) is 0 Å². The summed E-state index contributed by atoms with van der Waals surface area (Å²) >= 11 is 0. The summed E-state index contributed by atoms with van der Waals surface area (Å²) in [5.74, 6) is -1.40. The zero-order valence-corrected chi connectivity index (χ0v) is 23.1. The second-order valence-corrected chi connectivity index (χ2v) is 10.7. The van der Waals surface area contributed by atoms with Gasteiger partial charge < -0.3 is 30.5 Å². The van der Waals surface area contributed by atoms with E-state index in [-0.39, 0.29) is 12.1 Å². The molecule has 0 aliphatic carbocycles. The van der Waals surface area contributed by atoms with Crippen LogP contribution in [0.25, 0.3) is 0 Å². The molecule has 1 rings (SSSR count). The van der Waals surface area contributed by atoms with Gasteiger partial charge in [0, 0.05) is 6.54 Å². The van der Waals surface area contributed by atoms with Gasteiger partial charge in [-0.05, 0) is 22.8 Å². The molecule has 1 aromatic carbocycles. The molecule has 0 heterocycles. The monoisotopic (exact) mass is 542 g/mol. The van der Waals surface area contributed by atoms with Crippen molar-refractivity contribution in [2.24, 2.45) is 10.8 Å². The lowest BCUT2D eigenvalue weighted by molar-refractivity contribution is -0.128. The number of benzene rings is 1. The van der Waals surface area contributed by atoms with E-state index >= 15 is 0 Å². The molecule has 6 N–H and O–H groups in total. The second-order valence-electron chi connectivity index (χ2n) is 10.7. The standard InChI is InChI=1S/C26H43N5O7/c1-25(2,3)19(29-23(35)37-7)21(33)28-17(14-16-12-10-9-11-13-16)18(32)15-27-31-22(34)20(26(4,5)6)30-24(36)38-8/h9-13,17-20,27,32H,14-15H2,1-8H3,(H,28,33)(H,29,35)(H,30,36)(H,31,34)/t17-,18-,19-,20-/m0/s1/i9D,10D,11D,12D,13D. The Morgan fingerprint density at radius 3 is 1.76 bits per heavy atom. The molecule has 0 spiro atoms. The minimum Gasteiger partial charge on any atom is -0.453 e. The second kappa shape index (κ2) is 14.5. The zero-order valence-electron chi connectivity index (χ0n) is 28.1. The number of rotatable bonds is 11. The normalized spacial score (nSPS) is 16.6. The van der Waals surface area contributed by atoms with Crippen LogP contribution in [0.1, 0.15) is 54.0 Å². The molecule has 1 aromatic rings. The fourth-order valence-electron chi connectivity index (χ4n) is 3.31. The molecule has 12 heteroatoms. The third-order valence-electron chi connectivity index (χ3n) is 5.44. The predicted molar refractivity (Wildman–Crippen MR) is 142 cm³/mol. The van der Waals surface area contributed by atoms with E-state index < -0.39 is 95.7 Å². The first kappa shape index (κ1) is 24.9. The Bertz CT molecular complexity index is 1160. The summed E-state index contributed by atoms with van der Waals surface area (Å²) in [6, 6.07) is -6.27. The van der Waals surface area contributed by atoms with Crippen molar-refractivity contribution in [3.05, 3.63) is 35.8 Å². The minimum atomic E-state index is -1.50. The molecule has 4 atom stereocenters. The van der Waals surface area contributed by atoms with Crippen LogP contribution in [0.3, 0.4) is 0 Å². The maximum absolute atomic E-state index is 13.4. The van der Waals surface area contributed by atoms with E-state index in [1.54, 1.807) is 41.5 Å². The maximum atomic E-state index is 13.4. The molecule has 0 aromatic heterocycles. The van der Waals surface area contributed by atoms with Crippen molar-refractivity contribution < 1.29 is 40.6 Å². The average molecular weight is 543 g/mol. The largest absolute Gasteiger partial charge is 0.453 e. The quantitative estimate of drug-likeness (QED) is 0.227. The van der Waals surface area contributed by atoms with E-state index in [1.807, 2.05) is 0 Å². The molecule has 214 valence electrons. The van der Waals surface area contributed by atoms with Crippen molar-refractivity contribution in [2.45, 2.75) is 72.2 Å². The summed E-state index contributed by atoms with van der Waals surface area (Å²) < 4.78 is 49.5. The van der Waals surface area contributed by atoms with Crippen molar-refractivity contribution >= 4 is 24.0 Å². The first-order valence-electron chi connectivity index (χ1n) is 14.4. The number of aliphatic hydroxyl groups is 1. The number of hydrazine groups is 1. The Balaban J connectivity index is 3.32. The van der Waals surface area contributed by atoms with Crippen LogP contribution in [0.2, 0.25) is 0 Å². The lowest BCUT2D eigenvalue weighted by Crippen LogP contribution is -2.60. The highest BCUT2D eigenvalue weighted by Gasteiger charge is 2.36. The van der Waals surface area contributed by atoms with Crippen LogP contribution in [0.4, 0.5) is 9.59 Å². The number of hydrogen-bond donors (Lipinski definition) is 6. The molecule has 0 aliphatic heterocycles. The summed E-state index contributed by atoms with van der Waals surface area (Å²) in [6.45, 7) is 9.79. The molecule has 0 fully saturated rings. The molecule has 38 heavy (non-hydrogen) atoms. The number of hydrogen-bond acceptors (Lipinski definition) is 8. The molecule has 4 amide bonds. The number of methoxy groups -OCH3 is 2. The van der Waals surface area contributed by atoms with Gasteiger partial charge in [-0.1, -0.05) is 71.8 Å². The Morgan fingerprint density at radius 2 is 1.32 bits per heavy atom. The molecule has 0 saturated heterocycles. The Morgan fingerprint density at radius 1 is 0.842 bits per heavy atom. The third kappa shape index (κ3) is 10.9. The van der Waals surface area contributed by atoms with Crippen LogP contribution in [0, 0.1) is 10.8 Å². The van der Waals surface area contributed by atoms with Crippen LogP contribution >= 0.6 is 0 Å². The van der Waals surface area contributed by atoms with E-state index in [0.29, 0.717) is 0 Å². The molecule has 0 unspecified atom stereocenters. The highest BCUT2D eigenvalue weighted by molar-refractivity contribution is 5.87. The van der Waals surface area contributed by atoms with Gasteiger partial charge in [-0.15, -0.1) is 0 Å². The predicted octanol–water partition coefficient (Wildman–Crippen LogP) is 1.24. The maximum Gasteiger partial charge on any atom is 0.407 e. The summed E-state index contributed by atoms with van der Waals surface area (Å²) in [5, 5.41) is 18.6. The molecule has 0 bridgehead atoms. The average Bonchev–Trinajstić information content (AvgIpc) is 2.91. The van der Waals surface area contributed by atoms with Gasteiger partial charge in [0.25, 0.3) is 5.91 Å². The number of nitrogens with one attached hydrogen (secondary N) is 5. The molecular weight excluding hydrogens is 494 g/mol. The van der Waals surface area contributed by atoms with Crippen molar-refractivity contribution in [3.63, 3.8) is 0 Å². The number of alkyl carbamates (subject to hydrolysis) is 2. The fraction of sp³-hybridized carbons (Fsp3) is 0.615.